The van der Waals surface area contributed by atoms with E-state index in [1.165, 1.54) is 18.3 Å². The third-order valence-electron chi connectivity index (χ3n) is 4.78. The molecule has 5 nitrogen and oxygen atoms in total. The van der Waals surface area contributed by atoms with Gasteiger partial charge in [-0.2, -0.15) is 0 Å². The number of fused-ring (bicyclic) bond motifs is 1. The predicted octanol–water partition coefficient (Wildman–Crippen LogP) is 4.37. The maximum Gasteiger partial charge on any atom is 0.257 e. The highest BCUT2D eigenvalue weighted by atomic mass is 19.1. The molecule has 3 aromatic rings. The molecule has 2 heterocycles. The van der Waals surface area contributed by atoms with Crippen LogP contribution in [0.5, 0.6) is 0 Å². The molecular weight excluding hydrogens is 333 g/mol. The minimum absolute atomic E-state index is 0.120. The van der Waals surface area contributed by atoms with Crippen molar-refractivity contribution in [3.8, 4) is 0 Å². The van der Waals surface area contributed by atoms with Gasteiger partial charge in [0.15, 0.2) is 0 Å². The molecule has 0 aliphatic heterocycles. The Morgan fingerprint density at radius 2 is 2.00 bits per heavy atom. The Morgan fingerprint density at radius 1 is 1.27 bits per heavy atom. The van der Waals surface area contributed by atoms with Crippen molar-refractivity contribution in [3.05, 3.63) is 59.2 Å². The van der Waals surface area contributed by atoms with Crippen LogP contribution in [-0.4, -0.2) is 16.0 Å². The van der Waals surface area contributed by atoms with E-state index in [4.69, 9.17) is 4.52 Å². The quantitative estimate of drug-likeness (QED) is 0.740. The van der Waals surface area contributed by atoms with E-state index in [1.54, 1.807) is 18.2 Å². The van der Waals surface area contributed by atoms with Crippen molar-refractivity contribution in [2.45, 2.75) is 38.6 Å². The lowest BCUT2D eigenvalue weighted by Gasteiger charge is -2.19. The number of amides is 1. The minimum Gasteiger partial charge on any atom is -0.345 e. The molecule has 1 fully saturated rings. The van der Waals surface area contributed by atoms with Gasteiger partial charge in [-0.05, 0) is 48.4 Å². The molecule has 6 heteroatoms. The molecular formula is C20H20FN3O2. The van der Waals surface area contributed by atoms with Crippen LogP contribution in [0.15, 0.2) is 41.1 Å². The zero-order chi connectivity index (χ0) is 18.3. The second-order valence-electron chi connectivity index (χ2n) is 7.14. The maximum absolute atomic E-state index is 13.2. The average Bonchev–Trinajstić information content (AvgIpc) is 3.38. The Hall–Kier alpha value is -2.76. The number of rotatable bonds is 5. The number of nitrogens with one attached hydrogen (secondary N) is 1. The van der Waals surface area contributed by atoms with Crippen LogP contribution in [0.4, 0.5) is 4.39 Å². The normalized spacial score (nSPS) is 15.4. The van der Waals surface area contributed by atoms with E-state index in [1.807, 2.05) is 13.8 Å². The summed E-state index contributed by atoms with van der Waals surface area (Å²) in [5, 5.41) is 7.89. The number of hydrogen-bond donors (Lipinski definition) is 1. The van der Waals surface area contributed by atoms with E-state index in [2.05, 4.69) is 15.5 Å². The number of benzene rings is 1. The summed E-state index contributed by atoms with van der Waals surface area (Å²) in [7, 11) is 0. The van der Waals surface area contributed by atoms with Gasteiger partial charge in [0.25, 0.3) is 11.6 Å². The van der Waals surface area contributed by atoms with Gasteiger partial charge in [0.05, 0.1) is 22.7 Å². The van der Waals surface area contributed by atoms with Gasteiger partial charge in [-0.3, -0.25) is 4.79 Å². The lowest BCUT2D eigenvalue weighted by atomic mass is 10.0. The fourth-order valence-electron chi connectivity index (χ4n) is 3.19. The van der Waals surface area contributed by atoms with Gasteiger partial charge in [-0.15, -0.1) is 0 Å². The van der Waals surface area contributed by atoms with Crippen molar-refractivity contribution < 1.29 is 13.7 Å². The number of aromatic nitrogens is 2. The Labute approximate surface area is 150 Å². The van der Waals surface area contributed by atoms with Crippen molar-refractivity contribution >= 4 is 17.0 Å². The van der Waals surface area contributed by atoms with Gasteiger partial charge >= 0.3 is 0 Å². The Balaban J connectivity index is 1.61. The van der Waals surface area contributed by atoms with Crippen LogP contribution in [0.1, 0.15) is 60.3 Å². The summed E-state index contributed by atoms with van der Waals surface area (Å²) in [5.74, 6) is 0.0900. The van der Waals surface area contributed by atoms with E-state index in [0.717, 1.165) is 29.5 Å². The summed E-state index contributed by atoms with van der Waals surface area (Å²) in [6, 6.07) is 7.98. The number of halogens is 1. The lowest BCUT2D eigenvalue weighted by molar-refractivity contribution is 0.0931. The number of nitrogens with zero attached hydrogens (tertiary/aromatic N) is 2. The molecule has 0 saturated heterocycles. The summed E-state index contributed by atoms with van der Waals surface area (Å²) in [4.78, 5) is 17.0. The summed E-state index contributed by atoms with van der Waals surface area (Å²) in [6.45, 7) is 4.03. The molecule has 0 spiro atoms. The van der Waals surface area contributed by atoms with Crippen LogP contribution < -0.4 is 5.32 Å². The molecule has 1 aromatic carbocycles. The molecule has 1 N–H and O–H groups in total. The molecule has 134 valence electrons. The molecule has 1 saturated carbocycles. The summed E-state index contributed by atoms with van der Waals surface area (Å²) in [5.41, 5.74) is 2.61. The molecule has 1 amide bonds. The molecule has 1 unspecified atom stereocenters. The van der Waals surface area contributed by atoms with E-state index < -0.39 is 0 Å². The SMILES string of the molecule is CC(C)c1noc2ncc(C(=O)NC(c3ccc(F)cc3)C3CC3)cc12. The van der Waals surface area contributed by atoms with Crippen LogP contribution in [-0.2, 0) is 0 Å². The highest BCUT2D eigenvalue weighted by Crippen LogP contribution is 2.41. The summed E-state index contributed by atoms with van der Waals surface area (Å²) >= 11 is 0. The Kier molecular flexibility index (Phi) is 4.18. The molecule has 1 aliphatic rings. The zero-order valence-corrected chi connectivity index (χ0v) is 14.7. The first-order valence-electron chi connectivity index (χ1n) is 8.84. The molecule has 0 radical (unpaired) electrons. The first-order valence-corrected chi connectivity index (χ1v) is 8.84. The van der Waals surface area contributed by atoms with E-state index in [-0.39, 0.29) is 23.7 Å². The third-order valence-corrected chi connectivity index (χ3v) is 4.78. The standard InChI is InChI=1S/C20H20FN3O2/c1-11(2)17-16-9-14(10-22-20(16)26-24-17)19(25)23-18(12-3-4-12)13-5-7-15(21)8-6-13/h5-12,18H,3-4H2,1-2H3,(H,23,25). The second-order valence-corrected chi connectivity index (χ2v) is 7.14. The topological polar surface area (TPSA) is 68.0 Å². The first kappa shape index (κ1) is 16.7. The van der Waals surface area contributed by atoms with Crippen LogP contribution >= 0.6 is 0 Å². The van der Waals surface area contributed by atoms with Gasteiger partial charge in [-0.1, -0.05) is 31.1 Å². The predicted molar refractivity (Wildman–Crippen MR) is 95.2 cm³/mol. The smallest absolute Gasteiger partial charge is 0.257 e. The number of carbonyl (C=O) groups is 1. The largest absolute Gasteiger partial charge is 0.345 e. The van der Waals surface area contributed by atoms with Gasteiger partial charge in [0, 0.05) is 6.20 Å². The summed E-state index contributed by atoms with van der Waals surface area (Å²) < 4.78 is 18.4. The molecule has 1 aliphatic carbocycles. The zero-order valence-electron chi connectivity index (χ0n) is 14.7. The average molecular weight is 353 g/mol. The van der Waals surface area contributed by atoms with Crippen LogP contribution in [0, 0.1) is 11.7 Å². The highest BCUT2D eigenvalue weighted by molar-refractivity contribution is 5.97. The van der Waals surface area contributed by atoms with Crippen LogP contribution in [0.2, 0.25) is 0 Å². The lowest BCUT2D eigenvalue weighted by Crippen LogP contribution is -2.30. The molecule has 0 bridgehead atoms. The van der Waals surface area contributed by atoms with Gasteiger partial charge in [-0.25, -0.2) is 9.37 Å². The Bertz CT molecular complexity index is 945. The number of pyridine rings is 1. The van der Waals surface area contributed by atoms with Crippen molar-refractivity contribution in [1.29, 1.82) is 0 Å². The van der Waals surface area contributed by atoms with Crippen LogP contribution in [0.3, 0.4) is 0 Å². The fraction of sp³-hybridized carbons (Fsp3) is 0.350. The van der Waals surface area contributed by atoms with Crippen molar-refractivity contribution in [1.82, 2.24) is 15.5 Å². The molecule has 4 rings (SSSR count). The van der Waals surface area contributed by atoms with Crippen molar-refractivity contribution in [3.63, 3.8) is 0 Å². The summed E-state index contributed by atoms with van der Waals surface area (Å²) in [6.07, 6.45) is 3.62. The molecule has 2 aromatic heterocycles. The minimum atomic E-state index is -0.280. The van der Waals surface area contributed by atoms with Gasteiger partial charge in [0.1, 0.15) is 5.82 Å². The second kappa shape index (κ2) is 6.52. The van der Waals surface area contributed by atoms with Crippen LogP contribution in [0.25, 0.3) is 11.1 Å². The van der Waals surface area contributed by atoms with E-state index in [0.29, 0.717) is 17.2 Å². The Morgan fingerprint density at radius 3 is 2.65 bits per heavy atom. The monoisotopic (exact) mass is 353 g/mol. The fourth-order valence-corrected chi connectivity index (χ4v) is 3.19. The maximum atomic E-state index is 13.2. The number of carbonyl (C=O) groups excluding carboxylic acids is 1. The first-order chi connectivity index (χ1) is 12.5. The van der Waals surface area contributed by atoms with E-state index >= 15 is 0 Å². The van der Waals surface area contributed by atoms with Gasteiger partial charge < -0.3 is 9.84 Å². The van der Waals surface area contributed by atoms with E-state index in [9.17, 15) is 9.18 Å². The van der Waals surface area contributed by atoms with Gasteiger partial charge in [0.2, 0.25) is 0 Å². The van der Waals surface area contributed by atoms with Crippen molar-refractivity contribution in [2.24, 2.45) is 5.92 Å². The highest BCUT2D eigenvalue weighted by Gasteiger charge is 2.33. The van der Waals surface area contributed by atoms with Crippen molar-refractivity contribution in [2.75, 3.05) is 0 Å². The molecule has 1 atom stereocenters. The number of hydrogen-bond acceptors (Lipinski definition) is 4. The molecule has 26 heavy (non-hydrogen) atoms. The third kappa shape index (κ3) is 3.19.